The zero-order valence-electron chi connectivity index (χ0n) is 15.4. The second-order valence-electron chi connectivity index (χ2n) is 7.50. The highest BCUT2D eigenvalue weighted by atomic mass is 16.4. The molecule has 1 aliphatic heterocycles. The van der Waals surface area contributed by atoms with Gasteiger partial charge in [-0.25, -0.2) is 0 Å². The summed E-state index contributed by atoms with van der Waals surface area (Å²) in [6.07, 6.45) is 8.06. The number of fused-ring (bicyclic) bond motifs is 1. The molecule has 0 atom stereocenters. The molecule has 144 valence electrons. The lowest BCUT2D eigenvalue weighted by Gasteiger charge is -2.28. The van der Waals surface area contributed by atoms with E-state index in [4.69, 9.17) is 5.11 Å². The van der Waals surface area contributed by atoms with Crippen molar-refractivity contribution in [3.8, 4) is 0 Å². The molecule has 0 aromatic carbocycles. The van der Waals surface area contributed by atoms with E-state index in [-0.39, 0.29) is 12.3 Å². The molecule has 0 radical (unpaired) electrons. The number of aromatic amines is 1. The second-order valence-corrected chi connectivity index (χ2v) is 7.50. The first-order chi connectivity index (χ1) is 13.1. The quantitative estimate of drug-likeness (QED) is 0.839. The third-order valence-electron chi connectivity index (χ3n) is 5.64. The topological polar surface area (TPSA) is 104 Å². The highest BCUT2D eigenvalue weighted by molar-refractivity contribution is 5.95. The van der Waals surface area contributed by atoms with Crippen molar-refractivity contribution < 1.29 is 14.7 Å². The number of hydrogen-bond acceptors (Lipinski definition) is 4. The molecule has 1 saturated carbocycles. The van der Waals surface area contributed by atoms with Crippen molar-refractivity contribution in [2.45, 2.75) is 64.0 Å². The summed E-state index contributed by atoms with van der Waals surface area (Å²) in [6.45, 7) is 1.72. The van der Waals surface area contributed by atoms with E-state index >= 15 is 0 Å². The van der Waals surface area contributed by atoms with Gasteiger partial charge in [0.15, 0.2) is 0 Å². The molecule has 2 aliphatic rings. The normalized spacial score (nSPS) is 17.7. The predicted molar refractivity (Wildman–Crippen MR) is 97.3 cm³/mol. The number of carbonyl (C=O) groups excluding carboxylic acids is 1. The maximum atomic E-state index is 13.1. The maximum Gasteiger partial charge on any atom is 0.303 e. The summed E-state index contributed by atoms with van der Waals surface area (Å²) >= 11 is 0. The number of amides is 1. The van der Waals surface area contributed by atoms with Crippen molar-refractivity contribution in [1.29, 1.82) is 0 Å². The zero-order chi connectivity index (χ0) is 18.8. The van der Waals surface area contributed by atoms with Gasteiger partial charge in [0, 0.05) is 18.9 Å². The standard InChI is InChI=1S/C19H25N5O3/c25-17(26)7-6-14-10-15-12-23(8-9-24(15)22-14)19(27)16-11-20-21-18(16)13-4-2-1-3-5-13/h10-11,13H,1-9,12H2,(H,20,21)(H,25,26). The van der Waals surface area contributed by atoms with Gasteiger partial charge in [-0.1, -0.05) is 19.3 Å². The molecule has 8 heteroatoms. The number of rotatable bonds is 5. The Morgan fingerprint density at radius 2 is 2.04 bits per heavy atom. The molecule has 1 fully saturated rings. The summed E-state index contributed by atoms with van der Waals surface area (Å²) in [7, 11) is 0. The van der Waals surface area contributed by atoms with Crippen LogP contribution in [0.3, 0.4) is 0 Å². The minimum Gasteiger partial charge on any atom is -0.481 e. The third kappa shape index (κ3) is 3.74. The van der Waals surface area contributed by atoms with Gasteiger partial charge < -0.3 is 10.0 Å². The Hall–Kier alpha value is -2.64. The lowest BCUT2D eigenvalue weighted by molar-refractivity contribution is -0.136. The molecule has 0 spiro atoms. The number of aromatic nitrogens is 4. The van der Waals surface area contributed by atoms with Crippen LogP contribution in [0.1, 0.15) is 71.9 Å². The molecule has 0 saturated heterocycles. The fourth-order valence-electron chi connectivity index (χ4n) is 4.20. The Labute approximate surface area is 157 Å². The van der Waals surface area contributed by atoms with Crippen LogP contribution in [0, 0.1) is 0 Å². The summed E-state index contributed by atoms with van der Waals surface area (Å²) in [4.78, 5) is 25.7. The Bertz CT molecular complexity index is 834. The summed E-state index contributed by atoms with van der Waals surface area (Å²) in [5.74, 6) is -0.407. The molecular formula is C19H25N5O3. The van der Waals surface area contributed by atoms with Gasteiger partial charge in [-0.15, -0.1) is 0 Å². The van der Waals surface area contributed by atoms with Crippen molar-refractivity contribution in [3.05, 3.63) is 34.9 Å². The Kier molecular flexibility index (Phi) is 4.96. The smallest absolute Gasteiger partial charge is 0.303 e. The van der Waals surface area contributed by atoms with Crippen LogP contribution in [0.15, 0.2) is 12.3 Å². The molecule has 2 N–H and O–H groups in total. The van der Waals surface area contributed by atoms with Gasteiger partial charge in [-0.3, -0.25) is 19.4 Å². The number of carboxylic acids is 1. The van der Waals surface area contributed by atoms with Gasteiger partial charge >= 0.3 is 5.97 Å². The van der Waals surface area contributed by atoms with Crippen LogP contribution in [-0.4, -0.2) is 48.4 Å². The van der Waals surface area contributed by atoms with E-state index in [0.29, 0.717) is 37.5 Å². The van der Waals surface area contributed by atoms with Crippen LogP contribution in [0.2, 0.25) is 0 Å². The molecule has 4 rings (SSSR count). The largest absolute Gasteiger partial charge is 0.481 e. The lowest BCUT2D eigenvalue weighted by Crippen LogP contribution is -2.38. The number of carboxylic acid groups (broad SMARTS) is 1. The zero-order valence-corrected chi connectivity index (χ0v) is 15.4. The predicted octanol–water partition coefficient (Wildman–Crippen LogP) is 2.33. The number of hydrogen-bond donors (Lipinski definition) is 2. The van der Waals surface area contributed by atoms with E-state index in [0.717, 1.165) is 29.9 Å². The van der Waals surface area contributed by atoms with E-state index < -0.39 is 5.97 Å². The van der Waals surface area contributed by atoms with Crippen molar-refractivity contribution in [3.63, 3.8) is 0 Å². The van der Waals surface area contributed by atoms with E-state index in [1.807, 2.05) is 15.6 Å². The van der Waals surface area contributed by atoms with Gasteiger partial charge in [-0.2, -0.15) is 10.2 Å². The molecule has 0 unspecified atom stereocenters. The number of nitrogens with one attached hydrogen (secondary N) is 1. The first-order valence-corrected chi connectivity index (χ1v) is 9.72. The number of H-pyrrole nitrogens is 1. The summed E-state index contributed by atoms with van der Waals surface area (Å²) in [5, 5.41) is 20.5. The molecule has 1 aliphatic carbocycles. The highest BCUT2D eigenvalue weighted by Crippen LogP contribution is 2.33. The minimum absolute atomic E-state index is 0.0175. The van der Waals surface area contributed by atoms with E-state index in [1.165, 1.54) is 19.3 Å². The number of carbonyl (C=O) groups is 2. The fraction of sp³-hybridized carbons (Fsp3) is 0.579. The highest BCUT2D eigenvalue weighted by Gasteiger charge is 2.28. The summed E-state index contributed by atoms with van der Waals surface area (Å²) < 4.78 is 1.89. The molecule has 27 heavy (non-hydrogen) atoms. The monoisotopic (exact) mass is 371 g/mol. The van der Waals surface area contributed by atoms with Crippen LogP contribution < -0.4 is 0 Å². The maximum absolute atomic E-state index is 13.1. The van der Waals surface area contributed by atoms with Crippen LogP contribution in [0.25, 0.3) is 0 Å². The molecule has 2 aromatic rings. The van der Waals surface area contributed by atoms with E-state index in [2.05, 4.69) is 15.3 Å². The number of nitrogens with zero attached hydrogens (tertiary/aromatic N) is 4. The molecule has 8 nitrogen and oxygen atoms in total. The summed E-state index contributed by atoms with van der Waals surface area (Å²) in [5.41, 5.74) is 3.41. The lowest BCUT2D eigenvalue weighted by atomic mass is 9.85. The molecule has 1 amide bonds. The first kappa shape index (κ1) is 17.8. The van der Waals surface area contributed by atoms with Gasteiger partial charge in [0.25, 0.3) is 5.91 Å². The van der Waals surface area contributed by atoms with Crippen LogP contribution in [0.5, 0.6) is 0 Å². The number of aliphatic carboxylic acids is 1. The number of aryl methyl sites for hydroxylation is 1. The SMILES string of the molecule is O=C(O)CCc1cc2n(n1)CCN(C(=O)c1cn[nH]c1C1CCCCC1)C2. The third-order valence-corrected chi connectivity index (χ3v) is 5.64. The average Bonchev–Trinajstić information content (AvgIpc) is 3.32. The fourth-order valence-corrected chi connectivity index (χ4v) is 4.20. The van der Waals surface area contributed by atoms with E-state index in [1.54, 1.807) is 6.20 Å². The molecule has 0 bridgehead atoms. The van der Waals surface area contributed by atoms with Crippen LogP contribution >= 0.6 is 0 Å². The molecule has 3 heterocycles. The molecular weight excluding hydrogens is 346 g/mol. The first-order valence-electron chi connectivity index (χ1n) is 9.72. The Morgan fingerprint density at radius 3 is 2.81 bits per heavy atom. The van der Waals surface area contributed by atoms with Crippen molar-refractivity contribution in [1.82, 2.24) is 24.9 Å². The van der Waals surface area contributed by atoms with Crippen LogP contribution in [0.4, 0.5) is 0 Å². The van der Waals surface area contributed by atoms with Gasteiger partial charge in [0.2, 0.25) is 0 Å². The Morgan fingerprint density at radius 1 is 1.22 bits per heavy atom. The van der Waals surface area contributed by atoms with Gasteiger partial charge in [0.05, 0.1) is 48.4 Å². The van der Waals surface area contributed by atoms with Crippen molar-refractivity contribution in [2.24, 2.45) is 0 Å². The van der Waals surface area contributed by atoms with Crippen LogP contribution in [-0.2, 0) is 24.3 Å². The minimum atomic E-state index is -0.826. The molecule has 2 aromatic heterocycles. The Balaban J connectivity index is 1.47. The van der Waals surface area contributed by atoms with Gasteiger partial charge in [0.1, 0.15) is 0 Å². The van der Waals surface area contributed by atoms with Gasteiger partial charge in [-0.05, 0) is 18.9 Å². The van der Waals surface area contributed by atoms with E-state index in [9.17, 15) is 9.59 Å². The van der Waals surface area contributed by atoms with Crippen molar-refractivity contribution >= 4 is 11.9 Å². The summed E-state index contributed by atoms with van der Waals surface area (Å²) in [6, 6.07) is 1.92. The second kappa shape index (κ2) is 7.54. The average molecular weight is 371 g/mol. The van der Waals surface area contributed by atoms with Crippen molar-refractivity contribution in [2.75, 3.05) is 6.54 Å².